The summed E-state index contributed by atoms with van der Waals surface area (Å²) in [5, 5.41) is 3.38. The number of fused-ring (bicyclic) bond motifs is 2. The van der Waals surface area contributed by atoms with Crippen molar-refractivity contribution in [2.24, 2.45) is 10.9 Å². The highest BCUT2D eigenvalue weighted by Crippen LogP contribution is 2.39. The molecule has 27 heavy (non-hydrogen) atoms. The lowest BCUT2D eigenvalue weighted by Gasteiger charge is -2.30. The highest BCUT2D eigenvalue weighted by Gasteiger charge is 2.41. The Balaban J connectivity index is 1.66. The predicted octanol–water partition coefficient (Wildman–Crippen LogP) is 3.02. The number of rotatable bonds is 7. The van der Waals surface area contributed by atoms with Crippen LogP contribution in [-0.4, -0.2) is 42.0 Å². The van der Waals surface area contributed by atoms with Crippen LogP contribution in [0, 0.1) is 5.92 Å². The number of carbonyl (C=O) groups excluding carboxylic acids is 2. The second kappa shape index (κ2) is 8.17. The van der Waals surface area contributed by atoms with Crippen molar-refractivity contribution in [3.63, 3.8) is 0 Å². The van der Waals surface area contributed by atoms with Crippen LogP contribution in [0.25, 0.3) is 0 Å². The van der Waals surface area contributed by atoms with Crippen molar-refractivity contribution in [2.75, 3.05) is 13.2 Å². The summed E-state index contributed by atoms with van der Waals surface area (Å²) in [6, 6.07) is 3.40. The van der Waals surface area contributed by atoms with Gasteiger partial charge in [-0.15, -0.1) is 0 Å². The first-order chi connectivity index (χ1) is 12.9. The Morgan fingerprint density at radius 3 is 2.81 bits per heavy atom. The molecule has 0 saturated carbocycles. The highest BCUT2D eigenvalue weighted by molar-refractivity contribution is 6.33. The first kappa shape index (κ1) is 19.5. The standard InChI is InChI=1S/C19H24ClN3O4/c1-11(2)17-18(25)22-19-21-14-6-7-15(16(20)13(14)10-23(17)19)27-9-5-4-8-26-12(3)24/h6-7,11,17H,4-5,8-10H2,1-3H3,(H,21,22,25). The average molecular weight is 394 g/mol. The lowest BCUT2D eigenvalue weighted by Crippen LogP contribution is -2.40. The maximum Gasteiger partial charge on any atom is 0.302 e. The number of esters is 1. The number of nitrogens with zero attached hydrogens (tertiary/aromatic N) is 2. The third kappa shape index (κ3) is 4.18. The molecule has 0 bridgehead atoms. The first-order valence-electron chi connectivity index (χ1n) is 9.12. The lowest BCUT2D eigenvalue weighted by molar-refractivity contribution is -0.141. The van der Waals surface area contributed by atoms with E-state index in [1.165, 1.54) is 6.92 Å². The molecule has 2 aliphatic rings. The fraction of sp³-hybridized carbons (Fsp3) is 0.526. The van der Waals surface area contributed by atoms with Gasteiger partial charge in [0.2, 0.25) is 11.9 Å². The molecule has 0 spiro atoms. The molecule has 7 nitrogen and oxygen atoms in total. The average Bonchev–Trinajstić information content (AvgIpc) is 2.93. The van der Waals surface area contributed by atoms with Crippen molar-refractivity contribution in [1.29, 1.82) is 0 Å². The van der Waals surface area contributed by atoms with Crippen LogP contribution in [0.4, 0.5) is 5.69 Å². The largest absolute Gasteiger partial charge is 0.492 e. The second-order valence-corrected chi connectivity index (χ2v) is 7.39. The molecule has 8 heteroatoms. The number of benzene rings is 1. The topological polar surface area (TPSA) is 80.2 Å². The maximum atomic E-state index is 12.2. The van der Waals surface area contributed by atoms with Gasteiger partial charge in [0.25, 0.3) is 0 Å². The minimum atomic E-state index is -0.275. The van der Waals surface area contributed by atoms with E-state index >= 15 is 0 Å². The maximum absolute atomic E-state index is 12.2. The van der Waals surface area contributed by atoms with Crippen molar-refractivity contribution in [3.05, 3.63) is 22.7 Å². The Bertz CT molecular complexity index is 778. The van der Waals surface area contributed by atoms with E-state index in [9.17, 15) is 9.59 Å². The molecule has 1 N–H and O–H groups in total. The van der Waals surface area contributed by atoms with Crippen molar-refractivity contribution < 1.29 is 19.1 Å². The minimum Gasteiger partial charge on any atom is -0.492 e. The summed E-state index contributed by atoms with van der Waals surface area (Å²) in [5.41, 5.74) is 1.61. The first-order valence-corrected chi connectivity index (χ1v) is 9.50. The minimum absolute atomic E-state index is 0.0306. The van der Waals surface area contributed by atoms with Gasteiger partial charge in [0.1, 0.15) is 11.8 Å². The fourth-order valence-corrected chi connectivity index (χ4v) is 3.57. The summed E-state index contributed by atoms with van der Waals surface area (Å²) in [7, 11) is 0. The van der Waals surface area contributed by atoms with E-state index in [2.05, 4.69) is 10.3 Å². The molecule has 1 amide bonds. The smallest absolute Gasteiger partial charge is 0.302 e. The normalized spacial score (nSPS) is 18.0. The molecule has 1 aromatic carbocycles. The van der Waals surface area contributed by atoms with Crippen molar-refractivity contribution >= 4 is 35.1 Å². The Morgan fingerprint density at radius 2 is 2.11 bits per heavy atom. The molecule has 2 heterocycles. The van der Waals surface area contributed by atoms with Gasteiger partial charge in [-0.05, 0) is 30.9 Å². The summed E-state index contributed by atoms with van der Waals surface area (Å²) >= 11 is 6.57. The summed E-state index contributed by atoms with van der Waals surface area (Å²) in [4.78, 5) is 29.5. The summed E-state index contributed by atoms with van der Waals surface area (Å²) < 4.78 is 10.7. The Morgan fingerprint density at radius 1 is 1.37 bits per heavy atom. The zero-order valence-electron chi connectivity index (χ0n) is 15.8. The van der Waals surface area contributed by atoms with E-state index in [1.807, 2.05) is 24.8 Å². The van der Waals surface area contributed by atoms with Gasteiger partial charge in [-0.25, -0.2) is 4.99 Å². The second-order valence-electron chi connectivity index (χ2n) is 7.01. The molecular formula is C19H24ClN3O4. The molecule has 1 saturated heterocycles. The molecular weight excluding hydrogens is 370 g/mol. The van der Waals surface area contributed by atoms with Crippen LogP contribution in [0.5, 0.6) is 5.75 Å². The van der Waals surface area contributed by atoms with E-state index in [0.29, 0.717) is 36.5 Å². The number of guanidine groups is 1. The third-order valence-corrected chi connectivity index (χ3v) is 5.00. The van der Waals surface area contributed by atoms with E-state index in [4.69, 9.17) is 21.1 Å². The highest BCUT2D eigenvalue weighted by atomic mass is 35.5. The number of hydrogen-bond donors (Lipinski definition) is 1. The summed E-state index contributed by atoms with van der Waals surface area (Å²) in [5.74, 6) is 1.04. The SMILES string of the molecule is CC(=O)OCCCCOc1ccc2c(c1Cl)CN1C(=N2)NC(=O)C1C(C)C. The Hall–Kier alpha value is -2.28. The van der Waals surface area contributed by atoms with Crippen LogP contribution in [0.1, 0.15) is 39.2 Å². The number of unbranched alkanes of at least 4 members (excludes halogenated alkanes) is 1. The van der Waals surface area contributed by atoms with Crippen molar-refractivity contribution in [3.8, 4) is 5.75 Å². The van der Waals surface area contributed by atoms with E-state index < -0.39 is 0 Å². The van der Waals surface area contributed by atoms with Crippen molar-refractivity contribution in [2.45, 2.75) is 46.2 Å². The molecule has 2 aliphatic heterocycles. The Labute approximate surface area is 163 Å². The molecule has 1 unspecified atom stereocenters. The zero-order chi connectivity index (χ0) is 19.6. The predicted molar refractivity (Wildman–Crippen MR) is 102 cm³/mol. The van der Waals surface area contributed by atoms with Crippen LogP contribution >= 0.6 is 11.6 Å². The number of nitrogens with one attached hydrogen (secondary N) is 1. The van der Waals surface area contributed by atoms with Crippen LogP contribution in [0.3, 0.4) is 0 Å². The number of hydrogen-bond acceptors (Lipinski definition) is 6. The van der Waals surface area contributed by atoms with Gasteiger partial charge in [-0.2, -0.15) is 0 Å². The third-order valence-electron chi connectivity index (χ3n) is 4.58. The molecule has 1 aromatic rings. The molecule has 1 fully saturated rings. The summed E-state index contributed by atoms with van der Waals surface area (Å²) in [6.45, 7) is 6.80. The number of ether oxygens (including phenoxy) is 2. The van der Waals surface area contributed by atoms with Gasteiger partial charge in [-0.3, -0.25) is 14.9 Å². The van der Waals surface area contributed by atoms with Gasteiger partial charge >= 0.3 is 5.97 Å². The van der Waals surface area contributed by atoms with Gasteiger partial charge in [0, 0.05) is 12.5 Å². The van der Waals surface area contributed by atoms with Crippen LogP contribution in [-0.2, 0) is 20.9 Å². The van der Waals surface area contributed by atoms with E-state index in [-0.39, 0.29) is 23.8 Å². The molecule has 0 radical (unpaired) electrons. The van der Waals surface area contributed by atoms with Gasteiger partial charge in [0.15, 0.2) is 0 Å². The van der Waals surface area contributed by atoms with E-state index in [0.717, 1.165) is 24.1 Å². The lowest BCUT2D eigenvalue weighted by atomic mass is 10.0. The molecule has 0 aromatic heterocycles. The van der Waals surface area contributed by atoms with Gasteiger partial charge in [-0.1, -0.05) is 25.4 Å². The zero-order valence-corrected chi connectivity index (χ0v) is 16.5. The van der Waals surface area contributed by atoms with Crippen LogP contribution < -0.4 is 10.1 Å². The quantitative estimate of drug-likeness (QED) is 0.569. The van der Waals surface area contributed by atoms with E-state index in [1.54, 1.807) is 6.07 Å². The molecule has 0 aliphatic carbocycles. The molecule has 3 rings (SSSR count). The van der Waals surface area contributed by atoms with Crippen LogP contribution in [0.15, 0.2) is 17.1 Å². The fourth-order valence-electron chi connectivity index (χ4n) is 3.30. The molecule has 146 valence electrons. The summed E-state index contributed by atoms with van der Waals surface area (Å²) in [6.07, 6.45) is 1.48. The number of halogens is 1. The Kier molecular flexibility index (Phi) is 5.89. The van der Waals surface area contributed by atoms with Crippen molar-refractivity contribution in [1.82, 2.24) is 10.2 Å². The monoisotopic (exact) mass is 393 g/mol. The van der Waals surface area contributed by atoms with Gasteiger partial charge < -0.3 is 14.4 Å². The van der Waals surface area contributed by atoms with Gasteiger partial charge in [0.05, 0.1) is 30.5 Å². The number of amides is 1. The number of carbonyl (C=O) groups is 2. The number of aliphatic imine (C=N–C) groups is 1. The van der Waals surface area contributed by atoms with Crippen LogP contribution in [0.2, 0.25) is 5.02 Å². The molecule has 1 atom stereocenters.